The summed E-state index contributed by atoms with van der Waals surface area (Å²) in [4.78, 5) is 21.5. The Balaban J connectivity index is 1.64. The van der Waals surface area contributed by atoms with E-state index in [-0.39, 0.29) is 11.9 Å². The van der Waals surface area contributed by atoms with Crippen molar-refractivity contribution in [3.63, 3.8) is 0 Å². The lowest BCUT2D eigenvalue weighted by Gasteiger charge is -2.33. The standard InChI is InChI=1S/C19H24N6O2/c1-13-7-8-16-20-10-15(25(16)11-13)19(26)24-9-5-4-6-14(24)18-22-21-17(27-18)12-23(2)3/h7-8,10-11,14H,4-6,9,12H2,1-3H3/t14-/m1/s1. The molecule has 0 bridgehead atoms. The summed E-state index contributed by atoms with van der Waals surface area (Å²) in [5.41, 5.74) is 2.41. The smallest absolute Gasteiger partial charge is 0.273 e. The van der Waals surface area contributed by atoms with E-state index in [1.165, 1.54) is 0 Å². The quantitative estimate of drug-likeness (QED) is 0.704. The minimum absolute atomic E-state index is 0.0508. The van der Waals surface area contributed by atoms with Gasteiger partial charge >= 0.3 is 0 Å². The van der Waals surface area contributed by atoms with Gasteiger partial charge in [0.1, 0.15) is 17.4 Å². The Morgan fingerprint density at radius 1 is 1.30 bits per heavy atom. The lowest BCUT2D eigenvalue weighted by atomic mass is 10.0. The molecule has 4 rings (SSSR count). The molecule has 1 aliphatic heterocycles. The fourth-order valence-electron chi connectivity index (χ4n) is 3.56. The van der Waals surface area contributed by atoms with E-state index < -0.39 is 0 Å². The maximum atomic E-state index is 13.3. The summed E-state index contributed by atoms with van der Waals surface area (Å²) in [5.74, 6) is 1.04. The molecule has 0 aliphatic carbocycles. The predicted octanol–water partition coefficient (Wildman–Crippen LogP) is 2.45. The van der Waals surface area contributed by atoms with Crippen LogP contribution in [-0.2, 0) is 6.54 Å². The third kappa shape index (κ3) is 3.44. The first kappa shape index (κ1) is 17.7. The summed E-state index contributed by atoms with van der Waals surface area (Å²) in [5, 5.41) is 8.36. The van der Waals surface area contributed by atoms with Crippen LogP contribution in [0, 0.1) is 6.92 Å². The van der Waals surface area contributed by atoms with Crippen molar-refractivity contribution in [1.82, 2.24) is 29.4 Å². The second-order valence-corrected chi connectivity index (χ2v) is 7.36. The number of fused-ring (bicyclic) bond motifs is 1. The van der Waals surface area contributed by atoms with Crippen LogP contribution in [0.3, 0.4) is 0 Å². The van der Waals surface area contributed by atoms with E-state index in [4.69, 9.17) is 4.42 Å². The number of aromatic nitrogens is 4. The number of rotatable bonds is 4. The molecule has 142 valence electrons. The largest absolute Gasteiger partial charge is 0.422 e. The van der Waals surface area contributed by atoms with Crippen molar-refractivity contribution >= 4 is 11.6 Å². The molecule has 3 aromatic rings. The van der Waals surface area contributed by atoms with Gasteiger partial charge < -0.3 is 14.2 Å². The number of hydrogen-bond donors (Lipinski definition) is 0. The first-order chi connectivity index (χ1) is 13.0. The highest BCUT2D eigenvalue weighted by Crippen LogP contribution is 2.31. The molecule has 0 aromatic carbocycles. The van der Waals surface area contributed by atoms with Crippen LogP contribution in [0.15, 0.2) is 28.9 Å². The maximum absolute atomic E-state index is 13.3. The van der Waals surface area contributed by atoms with Gasteiger partial charge in [-0.05, 0) is 51.9 Å². The molecule has 8 nitrogen and oxygen atoms in total. The topological polar surface area (TPSA) is 79.8 Å². The molecular formula is C19H24N6O2. The zero-order valence-electron chi connectivity index (χ0n) is 15.9. The third-order valence-corrected chi connectivity index (χ3v) is 4.86. The average Bonchev–Trinajstić information content (AvgIpc) is 3.27. The molecule has 1 saturated heterocycles. The maximum Gasteiger partial charge on any atom is 0.273 e. The molecule has 1 aliphatic rings. The molecule has 4 heterocycles. The second kappa shape index (κ2) is 7.11. The molecule has 27 heavy (non-hydrogen) atoms. The van der Waals surface area contributed by atoms with E-state index in [0.717, 1.165) is 30.5 Å². The van der Waals surface area contributed by atoms with Crippen LogP contribution in [0.25, 0.3) is 5.65 Å². The van der Waals surface area contributed by atoms with Gasteiger partial charge in [-0.2, -0.15) is 0 Å². The summed E-state index contributed by atoms with van der Waals surface area (Å²) >= 11 is 0. The Morgan fingerprint density at radius 3 is 2.96 bits per heavy atom. The van der Waals surface area contributed by atoms with Crippen molar-refractivity contribution in [1.29, 1.82) is 0 Å². The number of hydrogen-bond acceptors (Lipinski definition) is 6. The summed E-state index contributed by atoms with van der Waals surface area (Å²) in [6.45, 7) is 3.26. The first-order valence-corrected chi connectivity index (χ1v) is 9.24. The number of carbonyl (C=O) groups is 1. The zero-order chi connectivity index (χ0) is 19.0. The molecule has 0 saturated carbocycles. The Kier molecular flexibility index (Phi) is 4.65. The van der Waals surface area contributed by atoms with Crippen LogP contribution in [0.1, 0.15) is 53.1 Å². The number of likely N-dealkylation sites (tertiary alicyclic amines) is 1. The van der Waals surface area contributed by atoms with Crippen LogP contribution < -0.4 is 0 Å². The van der Waals surface area contributed by atoms with E-state index in [9.17, 15) is 4.79 Å². The van der Waals surface area contributed by atoms with Gasteiger partial charge in [0.05, 0.1) is 12.7 Å². The number of amides is 1. The molecule has 1 amide bonds. The van der Waals surface area contributed by atoms with Crippen molar-refractivity contribution in [3.8, 4) is 0 Å². The number of pyridine rings is 1. The Morgan fingerprint density at radius 2 is 2.15 bits per heavy atom. The van der Waals surface area contributed by atoms with E-state index in [2.05, 4.69) is 15.2 Å². The predicted molar refractivity (Wildman–Crippen MR) is 99.2 cm³/mol. The van der Waals surface area contributed by atoms with E-state index in [1.807, 2.05) is 53.5 Å². The fraction of sp³-hybridized carbons (Fsp3) is 0.474. The lowest BCUT2D eigenvalue weighted by molar-refractivity contribution is 0.0561. The first-order valence-electron chi connectivity index (χ1n) is 9.24. The van der Waals surface area contributed by atoms with Crippen LogP contribution >= 0.6 is 0 Å². The molecular weight excluding hydrogens is 344 g/mol. The van der Waals surface area contributed by atoms with Crippen LogP contribution in [0.2, 0.25) is 0 Å². The number of aryl methyl sites for hydroxylation is 1. The summed E-state index contributed by atoms with van der Waals surface area (Å²) in [7, 11) is 3.90. The molecule has 1 atom stereocenters. The summed E-state index contributed by atoms with van der Waals surface area (Å²) in [6.07, 6.45) is 6.42. The normalized spacial score (nSPS) is 17.8. The van der Waals surface area contributed by atoms with Crippen molar-refractivity contribution in [2.24, 2.45) is 0 Å². The monoisotopic (exact) mass is 368 g/mol. The van der Waals surface area contributed by atoms with E-state index in [1.54, 1.807) is 6.20 Å². The summed E-state index contributed by atoms with van der Waals surface area (Å²) < 4.78 is 7.71. The Labute approximate surface area is 157 Å². The molecule has 0 unspecified atom stereocenters. The zero-order valence-corrected chi connectivity index (χ0v) is 15.9. The van der Waals surface area contributed by atoms with Crippen molar-refractivity contribution in [2.75, 3.05) is 20.6 Å². The second-order valence-electron chi connectivity index (χ2n) is 7.36. The molecule has 0 radical (unpaired) electrons. The van der Waals surface area contributed by atoms with E-state index >= 15 is 0 Å². The molecule has 3 aromatic heterocycles. The fourth-order valence-corrected chi connectivity index (χ4v) is 3.56. The highest BCUT2D eigenvalue weighted by atomic mass is 16.4. The lowest BCUT2D eigenvalue weighted by Crippen LogP contribution is -2.39. The number of piperidine rings is 1. The number of imidazole rings is 1. The third-order valence-electron chi connectivity index (χ3n) is 4.86. The summed E-state index contributed by atoms with van der Waals surface area (Å²) in [6, 6.07) is 3.72. The van der Waals surface area contributed by atoms with Crippen LogP contribution in [0.5, 0.6) is 0 Å². The SMILES string of the molecule is Cc1ccc2ncc(C(=O)N3CCCC[C@@H]3c3nnc(CN(C)C)o3)n2c1. The molecule has 0 N–H and O–H groups in total. The Hall–Kier alpha value is -2.74. The van der Waals surface area contributed by atoms with Gasteiger partial charge in [-0.3, -0.25) is 9.20 Å². The van der Waals surface area contributed by atoms with Crippen LogP contribution in [0.4, 0.5) is 0 Å². The Bertz CT molecular complexity index is 960. The van der Waals surface area contributed by atoms with E-state index in [0.29, 0.717) is 30.6 Å². The van der Waals surface area contributed by atoms with Gasteiger partial charge in [0.2, 0.25) is 11.8 Å². The van der Waals surface area contributed by atoms with Gasteiger partial charge in [0.15, 0.2) is 0 Å². The van der Waals surface area contributed by atoms with Crippen molar-refractivity contribution in [3.05, 3.63) is 47.6 Å². The van der Waals surface area contributed by atoms with Crippen molar-refractivity contribution in [2.45, 2.75) is 38.8 Å². The number of carbonyl (C=O) groups excluding carboxylic acids is 1. The molecule has 1 fully saturated rings. The highest BCUT2D eigenvalue weighted by molar-refractivity contribution is 5.93. The van der Waals surface area contributed by atoms with Gasteiger partial charge in [0, 0.05) is 12.7 Å². The van der Waals surface area contributed by atoms with Gasteiger partial charge in [-0.1, -0.05) is 6.07 Å². The van der Waals surface area contributed by atoms with Crippen LogP contribution in [-0.4, -0.2) is 55.9 Å². The van der Waals surface area contributed by atoms with Gasteiger partial charge in [-0.25, -0.2) is 4.98 Å². The number of nitrogens with zero attached hydrogens (tertiary/aromatic N) is 6. The van der Waals surface area contributed by atoms with Gasteiger partial charge in [0.25, 0.3) is 5.91 Å². The molecule has 0 spiro atoms. The minimum Gasteiger partial charge on any atom is -0.422 e. The minimum atomic E-state index is -0.190. The average molecular weight is 368 g/mol. The van der Waals surface area contributed by atoms with Gasteiger partial charge in [-0.15, -0.1) is 10.2 Å². The highest BCUT2D eigenvalue weighted by Gasteiger charge is 2.33. The van der Waals surface area contributed by atoms with Crippen molar-refractivity contribution < 1.29 is 9.21 Å². The molecule has 8 heteroatoms.